The second kappa shape index (κ2) is 2.40. The van der Waals surface area contributed by atoms with Crippen LogP contribution in [0.2, 0.25) is 0 Å². The molecule has 2 aliphatic heterocycles. The van der Waals surface area contributed by atoms with Crippen molar-refractivity contribution in [3.63, 3.8) is 0 Å². The van der Waals surface area contributed by atoms with Crippen LogP contribution >= 0.6 is 0 Å². The third-order valence-electron chi connectivity index (χ3n) is 2.09. The van der Waals surface area contributed by atoms with Gasteiger partial charge in [-0.3, -0.25) is 0 Å². The Hall–Kier alpha value is -0.200. The zero-order chi connectivity index (χ0) is 8.01. The van der Waals surface area contributed by atoms with Gasteiger partial charge in [0.05, 0.1) is 6.61 Å². The second-order valence-corrected chi connectivity index (χ2v) is 2.85. The van der Waals surface area contributed by atoms with Crippen LogP contribution in [0, 0.1) is 0 Å². The SMILES string of the molecule is OC1[C@@H]2OCC(O2)[C@@H](O)[C@H]1O. The van der Waals surface area contributed by atoms with Crippen molar-refractivity contribution in [1.29, 1.82) is 0 Å². The maximum absolute atomic E-state index is 9.22. The van der Waals surface area contributed by atoms with E-state index >= 15 is 0 Å². The maximum Gasteiger partial charge on any atom is 0.186 e. The first-order valence-corrected chi connectivity index (χ1v) is 3.51. The molecule has 2 unspecified atom stereocenters. The maximum atomic E-state index is 9.22. The van der Waals surface area contributed by atoms with Crippen LogP contribution in [0.3, 0.4) is 0 Å². The lowest BCUT2D eigenvalue weighted by atomic mass is 10.0. The molecule has 2 rings (SSSR count). The molecule has 3 N–H and O–H groups in total. The van der Waals surface area contributed by atoms with Crippen LogP contribution in [0.1, 0.15) is 0 Å². The van der Waals surface area contributed by atoms with E-state index < -0.39 is 30.7 Å². The summed E-state index contributed by atoms with van der Waals surface area (Å²) in [6.07, 6.45) is -4.58. The Labute approximate surface area is 63.2 Å². The van der Waals surface area contributed by atoms with Crippen molar-refractivity contribution < 1.29 is 24.8 Å². The van der Waals surface area contributed by atoms with Gasteiger partial charge in [0.2, 0.25) is 0 Å². The Kier molecular flexibility index (Phi) is 1.62. The lowest BCUT2D eigenvalue weighted by molar-refractivity contribution is -0.228. The molecule has 0 aliphatic carbocycles. The largest absolute Gasteiger partial charge is 0.387 e. The quantitative estimate of drug-likeness (QED) is 0.377. The Balaban J connectivity index is 2.16. The average molecular weight is 162 g/mol. The Morgan fingerprint density at radius 2 is 1.73 bits per heavy atom. The summed E-state index contributed by atoms with van der Waals surface area (Å²) in [5.41, 5.74) is 0. The minimum Gasteiger partial charge on any atom is -0.387 e. The van der Waals surface area contributed by atoms with Crippen LogP contribution in [-0.4, -0.2) is 52.6 Å². The van der Waals surface area contributed by atoms with Gasteiger partial charge in [0.15, 0.2) is 6.29 Å². The summed E-state index contributed by atoms with van der Waals surface area (Å²) >= 11 is 0. The van der Waals surface area contributed by atoms with Gasteiger partial charge in [-0.05, 0) is 0 Å². The highest BCUT2D eigenvalue weighted by Crippen LogP contribution is 2.27. The van der Waals surface area contributed by atoms with Crippen LogP contribution in [-0.2, 0) is 9.47 Å². The standard InChI is InChI=1S/C6H10O5/c7-3-2-1-10-6(11-2)5(9)4(3)8/h2-9H,1H2/t2?,3-,4-,5?,6-/m1/s1. The fourth-order valence-corrected chi connectivity index (χ4v) is 1.38. The summed E-state index contributed by atoms with van der Waals surface area (Å²) in [4.78, 5) is 0. The van der Waals surface area contributed by atoms with E-state index in [4.69, 9.17) is 14.6 Å². The molecule has 5 nitrogen and oxygen atoms in total. The average Bonchev–Trinajstić information content (AvgIpc) is 2.44. The summed E-state index contributed by atoms with van der Waals surface area (Å²) < 4.78 is 9.95. The molecule has 0 aromatic rings. The van der Waals surface area contributed by atoms with E-state index in [1.807, 2.05) is 0 Å². The van der Waals surface area contributed by atoms with Gasteiger partial charge in [0.1, 0.15) is 24.4 Å². The fraction of sp³-hybridized carbons (Fsp3) is 1.00. The van der Waals surface area contributed by atoms with Crippen molar-refractivity contribution in [3.05, 3.63) is 0 Å². The van der Waals surface area contributed by atoms with E-state index in [-0.39, 0.29) is 6.61 Å². The third-order valence-corrected chi connectivity index (χ3v) is 2.09. The number of hydrogen-bond donors (Lipinski definition) is 3. The highest BCUT2D eigenvalue weighted by Gasteiger charge is 2.48. The second-order valence-electron chi connectivity index (χ2n) is 2.85. The monoisotopic (exact) mass is 162 g/mol. The molecular formula is C6H10O5. The summed E-state index contributed by atoms with van der Waals surface area (Å²) in [5, 5.41) is 27.6. The van der Waals surface area contributed by atoms with Crippen molar-refractivity contribution in [2.45, 2.75) is 30.7 Å². The van der Waals surface area contributed by atoms with Crippen molar-refractivity contribution in [3.8, 4) is 0 Å². The van der Waals surface area contributed by atoms with Gasteiger partial charge in [-0.1, -0.05) is 0 Å². The molecule has 2 bridgehead atoms. The topological polar surface area (TPSA) is 79.2 Å². The molecule has 5 heteroatoms. The van der Waals surface area contributed by atoms with Gasteiger partial charge in [0.25, 0.3) is 0 Å². The Bertz CT molecular complexity index is 141. The number of fused-ring (bicyclic) bond motifs is 2. The summed E-state index contributed by atoms with van der Waals surface area (Å²) in [6, 6.07) is 0. The van der Waals surface area contributed by atoms with E-state index in [2.05, 4.69) is 0 Å². The molecule has 64 valence electrons. The third kappa shape index (κ3) is 0.969. The number of aliphatic hydroxyl groups is 3. The normalized spacial score (nSPS) is 56.5. The Morgan fingerprint density at radius 3 is 2.45 bits per heavy atom. The van der Waals surface area contributed by atoms with Gasteiger partial charge in [-0.2, -0.15) is 0 Å². The number of hydrogen-bond acceptors (Lipinski definition) is 5. The lowest BCUT2D eigenvalue weighted by Crippen LogP contribution is -2.53. The van der Waals surface area contributed by atoms with Gasteiger partial charge < -0.3 is 24.8 Å². The minimum atomic E-state index is -1.15. The lowest BCUT2D eigenvalue weighted by Gasteiger charge is -2.32. The summed E-state index contributed by atoms with van der Waals surface area (Å²) in [7, 11) is 0. The fourth-order valence-electron chi connectivity index (χ4n) is 1.38. The molecule has 0 aromatic heterocycles. The molecule has 11 heavy (non-hydrogen) atoms. The van der Waals surface area contributed by atoms with E-state index in [1.54, 1.807) is 0 Å². The first-order valence-electron chi connectivity index (χ1n) is 3.51. The first kappa shape index (κ1) is 7.45. The molecule has 0 saturated carbocycles. The van der Waals surface area contributed by atoms with E-state index in [9.17, 15) is 10.2 Å². The predicted molar refractivity (Wildman–Crippen MR) is 32.6 cm³/mol. The molecule has 2 saturated heterocycles. The summed E-state index contributed by atoms with van der Waals surface area (Å²) in [6.45, 7) is 0.236. The molecule has 0 aromatic carbocycles. The molecule has 0 radical (unpaired) electrons. The molecule has 0 spiro atoms. The van der Waals surface area contributed by atoms with Crippen LogP contribution in [0.15, 0.2) is 0 Å². The molecule has 2 fully saturated rings. The van der Waals surface area contributed by atoms with Crippen molar-refractivity contribution in [2.24, 2.45) is 0 Å². The molecule has 5 atom stereocenters. The summed E-state index contributed by atoms with van der Waals surface area (Å²) in [5.74, 6) is 0. The van der Waals surface area contributed by atoms with Crippen LogP contribution in [0.5, 0.6) is 0 Å². The number of rotatable bonds is 0. The van der Waals surface area contributed by atoms with Gasteiger partial charge >= 0.3 is 0 Å². The van der Waals surface area contributed by atoms with Crippen molar-refractivity contribution in [1.82, 2.24) is 0 Å². The van der Waals surface area contributed by atoms with Crippen LogP contribution < -0.4 is 0 Å². The smallest absolute Gasteiger partial charge is 0.186 e. The zero-order valence-electron chi connectivity index (χ0n) is 5.75. The first-order chi connectivity index (χ1) is 5.20. The molecule has 2 heterocycles. The predicted octanol–water partition coefficient (Wildman–Crippen LogP) is -2.18. The van der Waals surface area contributed by atoms with E-state index in [1.165, 1.54) is 0 Å². The van der Waals surface area contributed by atoms with Gasteiger partial charge in [0, 0.05) is 0 Å². The molecule has 0 amide bonds. The van der Waals surface area contributed by atoms with E-state index in [0.29, 0.717) is 0 Å². The molecular weight excluding hydrogens is 152 g/mol. The van der Waals surface area contributed by atoms with Gasteiger partial charge in [-0.15, -0.1) is 0 Å². The number of ether oxygens (including phenoxy) is 2. The zero-order valence-corrected chi connectivity index (χ0v) is 5.75. The van der Waals surface area contributed by atoms with Crippen molar-refractivity contribution >= 4 is 0 Å². The van der Waals surface area contributed by atoms with Crippen LogP contribution in [0.25, 0.3) is 0 Å². The van der Waals surface area contributed by atoms with Crippen LogP contribution in [0.4, 0.5) is 0 Å². The minimum absolute atomic E-state index is 0.236. The number of aliphatic hydroxyl groups excluding tert-OH is 3. The van der Waals surface area contributed by atoms with E-state index in [0.717, 1.165) is 0 Å². The highest BCUT2D eigenvalue weighted by atomic mass is 16.7. The van der Waals surface area contributed by atoms with Gasteiger partial charge in [-0.25, -0.2) is 0 Å². The Morgan fingerprint density at radius 1 is 1.00 bits per heavy atom. The molecule has 2 aliphatic rings. The highest BCUT2D eigenvalue weighted by molar-refractivity contribution is 4.92. The van der Waals surface area contributed by atoms with Crippen molar-refractivity contribution in [2.75, 3.05) is 6.61 Å².